The standard InChI is InChI=1S/C12H19ClN2O/c1-7(2)12(6-16)15-11-5-9(13)10(14)4-8(11)3/h4-5,7,12,15-16H,6,14H2,1-3H3. The van der Waals surface area contributed by atoms with Crippen molar-refractivity contribution >= 4 is 23.0 Å². The molecule has 0 radical (unpaired) electrons. The van der Waals surface area contributed by atoms with E-state index in [0.29, 0.717) is 16.6 Å². The average molecular weight is 243 g/mol. The van der Waals surface area contributed by atoms with E-state index < -0.39 is 0 Å². The zero-order chi connectivity index (χ0) is 12.3. The van der Waals surface area contributed by atoms with Gasteiger partial charge in [0.15, 0.2) is 0 Å². The first-order valence-corrected chi connectivity index (χ1v) is 5.76. The predicted molar refractivity (Wildman–Crippen MR) is 69.9 cm³/mol. The molecule has 4 N–H and O–H groups in total. The van der Waals surface area contributed by atoms with Crippen LogP contribution in [0.25, 0.3) is 0 Å². The summed E-state index contributed by atoms with van der Waals surface area (Å²) in [6.45, 7) is 6.17. The lowest BCUT2D eigenvalue weighted by Gasteiger charge is -2.22. The fourth-order valence-electron chi connectivity index (χ4n) is 1.48. The second-order valence-corrected chi connectivity index (χ2v) is 4.77. The highest BCUT2D eigenvalue weighted by Crippen LogP contribution is 2.27. The number of rotatable bonds is 4. The molecule has 0 spiro atoms. The Bertz CT molecular complexity index is 366. The van der Waals surface area contributed by atoms with Gasteiger partial charge in [-0.25, -0.2) is 0 Å². The van der Waals surface area contributed by atoms with Crippen molar-refractivity contribution in [2.24, 2.45) is 5.92 Å². The number of nitrogens with two attached hydrogens (primary N) is 1. The van der Waals surface area contributed by atoms with Crippen molar-refractivity contribution in [3.8, 4) is 0 Å². The highest BCUT2D eigenvalue weighted by molar-refractivity contribution is 6.33. The van der Waals surface area contributed by atoms with E-state index in [-0.39, 0.29) is 12.6 Å². The Kier molecular flexibility index (Phi) is 4.44. The summed E-state index contributed by atoms with van der Waals surface area (Å²) in [5.41, 5.74) is 8.23. The number of aliphatic hydroxyl groups excluding tert-OH is 1. The largest absolute Gasteiger partial charge is 0.398 e. The van der Waals surface area contributed by atoms with Gasteiger partial charge in [0.25, 0.3) is 0 Å². The zero-order valence-electron chi connectivity index (χ0n) is 9.92. The topological polar surface area (TPSA) is 58.3 Å². The highest BCUT2D eigenvalue weighted by atomic mass is 35.5. The Hall–Kier alpha value is -0.930. The van der Waals surface area contributed by atoms with Crippen LogP contribution in [0.2, 0.25) is 5.02 Å². The predicted octanol–water partition coefficient (Wildman–Crippen LogP) is 2.66. The minimum atomic E-state index is 0.0263. The molecule has 16 heavy (non-hydrogen) atoms. The smallest absolute Gasteiger partial charge is 0.0656 e. The van der Waals surface area contributed by atoms with Gasteiger partial charge in [0, 0.05) is 5.69 Å². The quantitative estimate of drug-likeness (QED) is 0.712. The van der Waals surface area contributed by atoms with Crippen LogP contribution in [0.15, 0.2) is 12.1 Å². The highest BCUT2D eigenvalue weighted by Gasteiger charge is 2.13. The summed E-state index contributed by atoms with van der Waals surface area (Å²) in [5, 5.41) is 13.1. The number of aliphatic hydroxyl groups is 1. The maximum absolute atomic E-state index is 9.25. The van der Waals surface area contributed by atoms with Gasteiger partial charge >= 0.3 is 0 Å². The van der Waals surface area contributed by atoms with E-state index >= 15 is 0 Å². The van der Waals surface area contributed by atoms with E-state index in [1.165, 1.54) is 0 Å². The Morgan fingerprint density at radius 2 is 2.06 bits per heavy atom. The second kappa shape index (κ2) is 5.41. The summed E-state index contributed by atoms with van der Waals surface area (Å²) in [6, 6.07) is 3.66. The molecule has 0 aliphatic rings. The Morgan fingerprint density at radius 3 is 2.56 bits per heavy atom. The van der Waals surface area contributed by atoms with E-state index in [2.05, 4.69) is 19.2 Å². The third-order valence-corrected chi connectivity index (χ3v) is 3.01. The van der Waals surface area contributed by atoms with Crippen LogP contribution in [-0.4, -0.2) is 17.8 Å². The monoisotopic (exact) mass is 242 g/mol. The summed E-state index contributed by atoms with van der Waals surface area (Å²) >= 11 is 5.96. The van der Waals surface area contributed by atoms with Crippen molar-refractivity contribution in [3.63, 3.8) is 0 Å². The third-order valence-electron chi connectivity index (χ3n) is 2.69. The molecule has 0 amide bonds. The van der Waals surface area contributed by atoms with E-state index in [1.54, 1.807) is 6.07 Å². The van der Waals surface area contributed by atoms with Crippen molar-refractivity contribution < 1.29 is 5.11 Å². The van der Waals surface area contributed by atoms with Crippen molar-refractivity contribution in [1.29, 1.82) is 0 Å². The minimum Gasteiger partial charge on any atom is -0.398 e. The summed E-state index contributed by atoms with van der Waals surface area (Å²) in [5.74, 6) is 0.348. The number of anilines is 2. The van der Waals surface area contributed by atoms with Gasteiger partial charge in [-0.05, 0) is 30.5 Å². The van der Waals surface area contributed by atoms with Gasteiger partial charge in [-0.2, -0.15) is 0 Å². The Morgan fingerprint density at radius 1 is 1.44 bits per heavy atom. The maximum atomic E-state index is 9.25. The van der Waals surface area contributed by atoms with E-state index in [9.17, 15) is 5.11 Å². The normalized spacial score (nSPS) is 12.9. The minimum absolute atomic E-state index is 0.0263. The van der Waals surface area contributed by atoms with Crippen LogP contribution in [0.3, 0.4) is 0 Å². The molecule has 4 heteroatoms. The molecule has 1 atom stereocenters. The Balaban J connectivity index is 2.92. The van der Waals surface area contributed by atoms with Gasteiger partial charge in [0.05, 0.1) is 23.4 Å². The molecule has 0 aliphatic heterocycles. The van der Waals surface area contributed by atoms with Gasteiger partial charge in [-0.3, -0.25) is 0 Å². The summed E-state index contributed by atoms with van der Waals surface area (Å²) in [6.07, 6.45) is 0. The molecule has 0 bridgehead atoms. The van der Waals surface area contributed by atoms with E-state index in [1.807, 2.05) is 13.0 Å². The van der Waals surface area contributed by atoms with Crippen LogP contribution in [0, 0.1) is 12.8 Å². The molecule has 0 saturated heterocycles. The number of nitrogens with one attached hydrogen (secondary N) is 1. The lowest BCUT2D eigenvalue weighted by Crippen LogP contribution is -2.29. The number of halogens is 1. The molecule has 1 aromatic carbocycles. The number of hydrogen-bond acceptors (Lipinski definition) is 3. The number of nitrogen functional groups attached to an aromatic ring is 1. The molecule has 1 rings (SSSR count). The second-order valence-electron chi connectivity index (χ2n) is 4.37. The molecular formula is C12H19ClN2O. The number of benzene rings is 1. The van der Waals surface area contributed by atoms with Crippen LogP contribution < -0.4 is 11.1 Å². The molecular weight excluding hydrogens is 224 g/mol. The Labute approximate surface area is 102 Å². The van der Waals surface area contributed by atoms with E-state index in [0.717, 1.165) is 11.3 Å². The van der Waals surface area contributed by atoms with Gasteiger partial charge < -0.3 is 16.2 Å². The van der Waals surface area contributed by atoms with E-state index in [4.69, 9.17) is 17.3 Å². The molecule has 0 aliphatic carbocycles. The SMILES string of the molecule is Cc1cc(N)c(Cl)cc1NC(CO)C(C)C. The van der Waals surface area contributed by atoms with Crippen LogP contribution in [-0.2, 0) is 0 Å². The molecule has 0 heterocycles. The number of aryl methyl sites for hydroxylation is 1. The summed E-state index contributed by atoms with van der Waals surface area (Å²) < 4.78 is 0. The molecule has 0 aromatic heterocycles. The lowest BCUT2D eigenvalue weighted by atomic mass is 10.0. The van der Waals surface area contributed by atoms with Crippen molar-refractivity contribution in [3.05, 3.63) is 22.7 Å². The fourth-order valence-corrected chi connectivity index (χ4v) is 1.65. The molecule has 90 valence electrons. The van der Waals surface area contributed by atoms with Crippen LogP contribution in [0.5, 0.6) is 0 Å². The number of hydrogen-bond donors (Lipinski definition) is 3. The van der Waals surface area contributed by atoms with Crippen LogP contribution >= 0.6 is 11.6 Å². The molecule has 0 saturated carbocycles. The third kappa shape index (κ3) is 3.03. The zero-order valence-corrected chi connectivity index (χ0v) is 10.7. The first-order chi connectivity index (χ1) is 7.45. The maximum Gasteiger partial charge on any atom is 0.0656 e. The molecule has 1 unspecified atom stereocenters. The molecule has 3 nitrogen and oxygen atoms in total. The van der Waals surface area contributed by atoms with Gasteiger partial charge in [-0.1, -0.05) is 25.4 Å². The van der Waals surface area contributed by atoms with Gasteiger partial charge in [0.2, 0.25) is 0 Å². The van der Waals surface area contributed by atoms with Gasteiger partial charge in [0.1, 0.15) is 0 Å². The van der Waals surface area contributed by atoms with Crippen molar-refractivity contribution in [2.75, 3.05) is 17.7 Å². The van der Waals surface area contributed by atoms with Crippen molar-refractivity contribution in [1.82, 2.24) is 0 Å². The first kappa shape index (κ1) is 13.1. The lowest BCUT2D eigenvalue weighted by molar-refractivity contribution is 0.249. The average Bonchev–Trinajstić information content (AvgIpc) is 2.21. The summed E-state index contributed by atoms with van der Waals surface area (Å²) in [7, 11) is 0. The summed E-state index contributed by atoms with van der Waals surface area (Å²) in [4.78, 5) is 0. The van der Waals surface area contributed by atoms with Gasteiger partial charge in [-0.15, -0.1) is 0 Å². The van der Waals surface area contributed by atoms with Crippen LogP contribution in [0.4, 0.5) is 11.4 Å². The first-order valence-electron chi connectivity index (χ1n) is 5.38. The van der Waals surface area contributed by atoms with Crippen molar-refractivity contribution in [2.45, 2.75) is 26.8 Å². The van der Waals surface area contributed by atoms with Crippen LogP contribution in [0.1, 0.15) is 19.4 Å². The fraction of sp³-hybridized carbons (Fsp3) is 0.500. The molecule has 1 aromatic rings. The molecule has 0 fully saturated rings.